The van der Waals surface area contributed by atoms with Gasteiger partial charge in [0, 0.05) is 11.6 Å². The number of halogens is 2. The number of hydrogen-bond acceptors (Lipinski definition) is 4. The van der Waals surface area contributed by atoms with Crippen LogP contribution in [-0.4, -0.2) is 25.6 Å². The number of benzene rings is 2. The van der Waals surface area contributed by atoms with E-state index in [1.807, 2.05) is 6.07 Å². The van der Waals surface area contributed by atoms with Crippen molar-refractivity contribution in [2.75, 3.05) is 13.7 Å². The lowest BCUT2D eigenvalue weighted by Crippen LogP contribution is -2.28. The monoisotopic (exact) mass is 351 g/mol. The smallest absolute Gasteiger partial charge is 0.341 e. The van der Waals surface area contributed by atoms with Crippen molar-refractivity contribution in [3.8, 4) is 5.75 Å². The second-order valence-corrected chi connectivity index (χ2v) is 5.26. The number of ether oxygens (including phenoxy) is 2. The predicted molar refractivity (Wildman–Crippen MR) is 86.5 cm³/mol. The van der Waals surface area contributed by atoms with E-state index in [4.69, 9.17) is 21.1 Å². The molecule has 126 valence electrons. The first-order valence-electron chi connectivity index (χ1n) is 7.01. The summed E-state index contributed by atoms with van der Waals surface area (Å²) in [5.74, 6) is -1.55. The van der Waals surface area contributed by atoms with Gasteiger partial charge in [0.05, 0.1) is 12.7 Å². The van der Waals surface area contributed by atoms with Crippen molar-refractivity contribution in [2.24, 2.45) is 0 Å². The molecule has 5 nitrogen and oxygen atoms in total. The third-order valence-electron chi connectivity index (χ3n) is 3.11. The molecule has 0 aliphatic carbocycles. The zero-order valence-corrected chi connectivity index (χ0v) is 13.6. The van der Waals surface area contributed by atoms with E-state index in [1.54, 1.807) is 25.3 Å². The molecular formula is C17H15ClFNO4. The van der Waals surface area contributed by atoms with Gasteiger partial charge in [0.1, 0.15) is 11.6 Å². The first-order valence-corrected chi connectivity index (χ1v) is 7.39. The average molecular weight is 352 g/mol. The summed E-state index contributed by atoms with van der Waals surface area (Å²) in [6.07, 6.45) is 0. The predicted octanol–water partition coefficient (Wildman–Crippen LogP) is 2.96. The maximum absolute atomic E-state index is 13.5. The quantitative estimate of drug-likeness (QED) is 0.813. The van der Waals surface area contributed by atoms with Gasteiger partial charge in [0.25, 0.3) is 5.91 Å². The largest absolute Gasteiger partial charge is 0.497 e. The van der Waals surface area contributed by atoms with Gasteiger partial charge in [-0.2, -0.15) is 0 Å². The van der Waals surface area contributed by atoms with Gasteiger partial charge in [-0.3, -0.25) is 4.79 Å². The number of methoxy groups -OCH3 is 1. The minimum Gasteiger partial charge on any atom is -0.497 e. The van der Waals surface area contributed by atoms with Crippen LogP contribution >= 0.6 is 11.6 Å². The molecule has 0 spiro atoms. The summed E-state index contributed by atoms with van der Waals surface area (Å²) in [5.41, 5.74) is 0.512. The molecule has 0 radical (unpaired) electrons. The highest BCUT2D eigenvalue weighted by atomic mass is 35.5. The molecule has 0 aliphatic rings. The van der Waals surface area contributed by atoms with Crippen molar-refractivity contribution in [2.45, 2.75) is 6.54 Å². The molecule has 0 saturated heterocycles. The van der Waals surface area contributed by atoms with E-state index in [0.29, 0.717) is 5.75 Å². The minimum absolute atomic E-state index is 0.200. The van der Waals surface area contributed by atoms with E-state index in [0.717, 1.165) is 17.7 Å². The standard InChI is InChI=1S/C17H15ClFNO4/c1-23-13-4-2-3-11(7-13)9-20-16(21)10-24-17(22)14-8-12(18)5-6-15(14)19/h2-8H,9-10H2,1H3,(H,20,21). The fraction of sp³-hybridized carbons (Fsp3) is 0.176. The van der Waals surface area contributed by atoms with E-state index in [1.165, 1.54) is 6.07 Å². The maximum atomic E-state index is 13.5. The molecule has 7 heteroatoms. The van der Waals surface area contributed by atoms with Crippen molar-refractivity contribution in [1.82, 2.24) is 5.32 Å². The number of rotatable bonds is 6. The number of hydrogen-bond donors (Lipinski definition) is 1. The lowest BCUT2D eigenvalue weighted by atomic mass is 10.2. The Morgan fingerprint density at radius 1 is 1.21 bits per heavy atom. The summed E-state index contributed by atoms with van der Waals surface area (Å²) < 4.78 is 23.4. The molecule has 0 aliphatic heterocycles. The van der Waals surface area contributed by atoms with Crippen LogP contribution in [-0.2, 0) is 16.1 Å². The summed E-state index contributed by atoms with van der Waals surface area (Å²) in [7, 11) is 1.55. The third kappa shape index (κ3) is 4.96. The Labute approximate surface area is 143 Å². The molecule has 0 aromatic heterocycles. The van der Waals surface area contributed by atoms with Gasteiger partial charge in [-0.15, -0.1) is 0 Å². The van der Waals surface area contributed by atoms with Crippen LogP contribution in [0.1, 0.15) is 15.9 Å². The van der Waals surface area contributed by atoms with E-state index in [2.05, 4.69) is 5.32 Å². The Kier molecular flexibility index (Phi) is 6.14. The van der Waals surface area contributed by atoms with Crippen LogP contribution in [0.2, 0.25) is 5.02 Å². The van der Waals surface area contributed by atoms with E-state index in [-0.39, 0.29) is 17.1 Å². The number of nitrogens with one attached hydrogen (secondary N) is 1. The Bertz CT molecular complexity index is 751. The zero-order valence-electron chi connectivity index (χ0n) is 12.8. The molecule has 24 heavy (non-hydrogen) atoms. The summed E-state index contributed by atoms with van der Waals surface area (Å²) in [6.45, 7) is -0.270. The van der Waals surface area contributed by atoms with Crippen molar-refractivity contribution >= 4 is 23.5 Å². The Balaban J connectivity index is 1.84. The van der Waals surface area contributed by atoms with Crippen LogP contribution < -0.4 is 10.1 Å². The Hall–Kier alpha value is -2.60. The maximum Gasteiger partial charge on any atom is 0.341 e. The molecule has 2 aromatic rings. The summed E-state index contributed by atoms with van der Waals surface area (Å²) in [5, 5.41) is 2.79. The lowest BCUT2D eigenvalue weighted by molar-refractivity contribution is -0.124. The summed E-state index contributed by atoms with van der Waals surface area (Å²) >= 11 is 5.70. The van der Waals surface area contributed by atoms with Gasteiger partial charge < -0.3 is 14.8 Å². The molecule has 2 aromatic carbocycles. The van der Waals surface area contributed by atoms with E-state index < -0.39 is 24.3 Å². The van der Waals surface area contributed by atoms with E-state index >= 15 is 0 Å². The van der Waals surface area contributed by atoms with Gasteiger partial charge in [0.2, 0.25) is 0 Å². The van der Waals surface area contributed by atoms with Crippen molar-refractivity contribution in [1.29, 1.82) is 0 Å². The second kappa shape index (κ2) is 8.31. The Morgan fingerprint density at radius 2 is 2.00 bits per heavy atom. The molecule has 0 saturated carbocycles. The molecule has 2 rings (SSSR count). The number of carbonyl (C=O) groups is 2. The van der Waals surface area contributed by atoms with Crippen molar-refractivity contribution in [3.05, 3.63) is 64.4 Å². The van der Waals surface area contributed by atoms with Gasteiger partial charge in [-0.25, -0.2) is 9.18 Å². The molecule has 1 N–H and O–H groups in total. The van der Waals surface area contributed by atoms with Crippen molar-refractivity contribution in [3.63, 3.8) is 0 Å². The molecule has 0 fully saturated rings. The van der Waals surface area contributed by atoms with Crippen LogP contribution in [0.5, 0.6) is 5.75 Å². The molecular weight excluding hydrogens is 337 g/mol. The minimum atomic E-state index is -0.952. The first kappa shape index (κ1) is 17.7. The SMILES string of the molecule is COc1cccc(CNC(=O)COC(=O)c2cc(Cl)ccc2F)c1. The van der Waals surface area contributed by atoms with Crippen LogP contribution in [0.25, 0.3) is 0 Å². The second-order valence-electron chi connectivity index (χ2n) is 4.83. The highest BCUT2D eigenvalue weighted by molar-refractivity contribution is 6.30. The molecule has 1 amide bonds. The first-order chi connectivity index (χ1) is 11.5. The highest BCUT2D eigenvalue weighted by Gasteiger charge is 2.15. The summed E-state index contributed by atoms with van der Waals surface area (Å²) in [6, 6.07) is 10.7. The third-order valence-corrected chi connectivity index (χ3v) is 3.34. The van der Waals surface area contributed by atoms with Gasteiger partial charge >= 0.3 is 5.97 Å². The molecule has 0 unspecified atom stereocenters. The number of carbonyl (C=O) groups excluding carboxylic acids is 2. The normalized spacial score (nSPS) is 10.1. The zero-order chi connectivity index (χ0) is 17.5. The average Bonchev–Trinajstić information content (AvgIpc) is 2.60. The topological polar surface area (TPSA) is 64.6 Å². The molecule has 0 heterocycles. The summed E-state index contributed by atoms with van der Waals surface area (Å²) in [4.78, 5) is 23.5. The van der Waals surface area contributed by atoms with Gasteiger partial charge in [0.15, 0.2) is 6.61 Å². The van der Waals surface area contributed by atoms with Crippen molar-refractivity contribution < 1.29 is 23.5 Å². The number of esters is 1. The van der Waals surface area contributed by atoms with Crippen LogP contribution in [0, 0.1) is 5.82 Å². The number of amides is 1. The fourth-order valence-corrected chi connectivity index (χ4v) is 2.07. The van der Waals surface area contributed by atoms with E-state index in [9.17, 15) is 14.0 Å². The van der Waals surface area contributed by atoms with Gasteiger partial charge in [-0.1, -0.05) is 23.7 Å². The highest BCUT2D eigenvalue weighted by Crippen LogP contribution is 2.16. The van der Waals surface area contributed by atoms with Crippen LogP contribution in [0.15, 0.2) is 42.5 Å². The molecule has 0 bridgehead atoms. The van der Waals surface area contributed by atoms with Gasteiger partial charge in [-0.05, 0) is 35.9 Å². The van der Waals surface area contributed by atoms with Crippen LogP contribution in [0.4, 0.5) is 4.39 Å². The lowest BCUT2D eigenvalue weighted by Gasteiger charge is -2.08. The molecule has 0 atom stereocenters. The van der Waals surface area contributed by atoms with Crippen LogP contribution in [0.3, 0.4) is 0 Å². The fourth-order valence-electron chi connectivity index (χ4n) is 1.90. The Morgan fingerprint density at radius 3 is 2.75 bits per heavy atom.